The van der Waals surface area contributed by atoms with Gasteiger partial charge in [0, 0.05) is 44.2 Å². The van der Waals surface area contributed by atoms with E-state index < -0.39 is 5.97 Å². The van der Waals surface area contributed by atoms with Crippen molar-refractivity contribution >= 4 is 11.9 Å². The van der Waals surface area contributed by atoms with Crippen LogP contribution in [-0.2, 0) is 24.8 Å². The minimum Gasteiger partial charge on any atom is -0.476 e. The molecule has 0 spiro atoms. The summed E-state index contributed by atoms with van der Waals surface area (Å²) in [5, 5.41) is 13.2. The van der Waals surface area contributed by atoms with Gasteiger partial charge in [0.25, 0.3) is 0 Å². The third-order valence-corrected chi connectivity index (χ3v) is 3.54. The molecule has 1 aliphatic rings. The number of amides is 1. The average Bonchev–Trinajstić information content (AvgIpc) is 2.73. The molecule has 6 heteroatoms. The van der Waals surface area contributed by atoms with E-state index in [9.17, 15) is 9.59 Å². The van der Waals surface area contributed by atoms with Crippen LogP contribution in [0.5, 0.6) is 0 Å². The van der Waals surface area contributed by atoms with Crippen molar-refractivity contribution in [3.05, 3.63) is 17.0 Å². The summed E-state index contributed by atoms with van der Waals surface area (Å²) in [5.41, 5.74) is 1.69. The topological polar surface area (TPSA) is 75.4 Å². The molecular weight excluding hydrogens is 246 g/mol. The van der Waals surface area contributed by atoms with Crippen molar-refractivity contribution in [2.75, 3.05) is 6.54 Å². The Labute approximate surface area is 112 Å². The summed E-state index contributed by atoms with van der Waals surface area (Å²) in [6, 6.07) is 0. The number of carboxylic acid groups (broad SMARTS) is 1. The highest BCUT2D eigenvalue weighted by molar-refractivity contribution is 5.88. The van der Waals surface area contributed by atoms with Crippen molar-refractivity contribution in [2.45, 2.75) is 39.2 Å². The predicted molar refractivity (Wildman–Crippen MR) is 68.8 cm³/mol. The van der Waals surface area contributed by atoms with Crippen LogP contribution in [0.15, 0.2) is 0 Å². The number of aryl methyl sites for hydroxylation is 1. The van der Waals surface area contributed by atoms with Gasteiger partial charge < -0.3 is 10.0 Å². The molecule has 0 atom stereocenters. The number of carboxylic acids is 1. The number of carbonyl (C=O) groups is 2. The molecule has 1 N–H and O–H groups in total. The van der Waals surface area contributed by atoms with Crippen molar-refractivity contribution in [3.63, 3.8) is 0 Å². The monoisotopic (exact) mass is 265 g/mol. The quantitative estimate of drug-likeness (QED) is 0.887. The van der Waals surface area contributed by atoms with Crippen molar-refractivity contribution < 1.29 is 14.7 Å². The summed E-state index contributed by atoms with van der Waals surface area (Å²) in [6.07, 6.45) is 3.07. The zero-order valence-corrected chi connectivity index (χ0v) is 11.3. The largest absolute Gasteiger partial charge is 0.476 e. The summed E-state index contributed by atoms with van der Waals surface area (Å²) < 4.78 is 1.62. The van der Waals surface area contributed by atoms with Crippen LogP contribution in [0, 0.1) is 0 Å². The van der Waals surface area contributed by atoms with E-state index >= 15 is 0 Å². The van der Waals surface area contributed by atoms with Crippen molar-refractivity contribution in [3.8, 4) is 0 Å². The molecule has 2 rings (SSSR count). The first-order valence-corrected chi connectivity index (χ1v) is 6.60. The Morgan fingerprint density at radius 1 is 1.42 bits per heavy atom. The lowest BCUT2D eigenvalue weighted by Crippen LogP contribution is -2.36. The fourth-order valence-corrected chi connectivity index (χ4v) is 2.46. The lowest BCUT2D eigenvalue weighted by atomic mass is 10.0. The predicted octanol–water partition coefficient (Wildman–Crippen LogP) is 1.19. The van der Waals surface area contributed by atoms with Gasteiger partial charge in [-0.15, -0.1) is 0 Å². The Morgan fingerprint density at radius 2 is 2.16 bits per heavy atom. The molecule has 1 aromatic heterocycles. The molecule has 19 heavy (non-hydrogen) atoms. The van der Waals surface area contributed by atoms with E-state index in [0.29, 0.717) is 31.5 Å². The molecule has 1 amide bonds. The molecule has 0 saturated heterocycles. The average molecular weight is 265 g/mol. The molecule has 0 unspecified atom stereocenters. The van der Waals surface area contributed by atoms with Gasteiger partial charge >= 0.3 is 5.97 Å². The number of nitrogens with zero attached hydrogens (tertiary/aromatic N) is 3. The first-order valence-electron chi connectivity index (χ1n) is 6.60. The summed E-state index contributed by atoms with van der Waals surface area (Å²) in [4.78, 5) is 24.9. The Morgan fingerprint density at radius 3 is 2.79 bits per heavy atom. The van der Waals surface area contributed by atoms with Gasteiger partial charge in [-0.3, -0.25) is 9.48 Å². The maximum Gasteiger partial charge on any atom is 0.356 e. The van der Waals surface area contributed by atoms with Gasteiger partial charge in [0.05, 0.1) is 0 Å². The van der Waals surface area contributed by atoms with E-state index in [2.05, 4.69) is 5.10 Å². The standard InChI is InChI=1S/C13H19N3O3/c1-3-4-5-11(17)16-7-6-10-9(8-16)12(13(18)19)14-15(10)2/h3-8H2,1-2H3,(H,18,19). The lowest BCUT2D eigenvalue weighted by Gasteiger charge is -2.27. The van der Waals surface area contributed by atoms with Crippen LogP contribution in [0.25, 0.3) is 0 Å². The number of aromatic carboxylic acids is 1. The summed E-state index contributed by atoms with van der Waals surface area (Å²) in [6.45, 7) is 3.06. The first-order chi connectivity index (χ1) is 9.04. The second-order valence-electron chi connectivity index (χ2n) is 4.87. The number of rotatable bonds is 4. The zero-order valence-electron chi connectivity index (χ0n) is 11.3. The normalized spacial score (nSPS) is 14.3. The SMILES string of the molecule is CCCCC(=O)N1CCc2c(c(C(=O)O)nn2C)C1. The van der Waals surface area contributed by atoms with Crippen LogP contribution < -0.4 is 0 Å². The highest BCUT2D eigenvalue weighted by Gasteiger charge is 2.28. The van der Waals surface area contributed by atoms with Gasteiger partial charge in [-0.1, -0.05) is 13.3 Å². The number of hydrogen-bond donors (Lipinski definition) is 1. The third-order valence-electron chi connectivity index (χ3n) is 3.54. The van der Waals surface area contributed by atoms with Gasteiger partial charge in [-0.25, -0.2) is 4.79 Å². The molecule has 0 fully saturated rings. The molecule has 2 heterocycles. The van der Waals surface area contributed by atoms with Crippen LogP contribution >= 0.6 is 0 Å². The number of aromatic nitrogens is 2. The van der Waals surface area contributed by atoms with Gasteiger partial charge in [-0.05, 0) is 6.42 Å². The maximum atomic E-state index is 12.0. The third kappa shape index (κ3) is 2.62. The van der Waals surface area contributed by atoms with Gasteiger partial charge in [0.2, 0.25) is 5.91 Å². The lowest BCUT2D eigenvalue weighted by molar-refractivity contribution is -0.132. The van der Waals surface area contributed by atoms with Crippen LogP contribution in [0.1, 0.15) is 47.9 Å². The van der Waals surface area contributed by atoms with Crippen LogP contribution in [-0.4, -0.2) is 38.2 Å². The molecule has 1 aliphatic heterocycles. The first kappa shape index (κ1) is 13.6. The van der Waals surface area contributed by atoms with E-state index in [1.54, 1.807) is 16.6 Å². The molecule has 0 aliphatic carbocycles. The fourth-order valence-electron chi connectivity index (χ4n) is 2.46. The number of unbranched alkanes of at least 4 members (excludes halogenated alkanes) is 1. The van der Waals surface area contributed by atoms with Gasteiger partial charge in [0.1, 0.15) is 0 Å². The van der Waals surface area contributed by atoms with Crippen molar-refractivity contribution in [1.82, 2.24) is 14.7 Å². The summed E-state index contributed by atoms with van der Waals surface area (Å²) in [7, 11) is 1.75. The molecule has 1 aromatic rings. The summed E-state index contributed by atoms with van der Waals surface area (Å²) in [5.74, 6) is -0.924. The maximum absolute atomic E-state index is 12.0. The van der Waals surface area contributed by atoms with Gasteiger partial charge in [0.15, 0.2) is 5.69 Å². The second kappa shape index (κ2) is 5.42. The minimum atomic E-state index is -1.03. The molecule has 0 saturated carbocycles. The second-order valence-corrected chi connectivity index (χ2v) is 4.87. The van der Waals surface area contributed by atoms with Crippen LogP contribution in [0.2, 0.25) is 0 Å². The number of fused-ring (bicyclic) bond motifs is 1. The van der Waals surface area contributed by atoms with Crippen molar-refractivity contribution in [2.24, 2.45) is 7.05 Å². The molecular formula is C13H19N3O3. The highest BCUT2D eigenvalue weighted by atomic mass is 16.4. The van der Waals surface area contributed by atoms with E-state index in [0.717, 1.165) is 18.5 Å². The van der Waals surface area contributed by atoms with E-state index in [1.807, 2.05) is 6.92 Å². The minimum absolute atomic E-state index is 0.0745. The summed E-state index contributed by atoms with van der Waals surface area (Å²) >= 11 is 0. The smallest absolute Gasteiger partial charge is 0.356 e. The van der Waals surface area contributed by atoms with Crippen LogP contribution in [0.4, 0.5) is 0 Å². The van der Waals surface area contributed by atoms with E-state index in [4.69, 9.17) is 5.11 Å². The molecule has 104 valence electrons. The fraction of sp³-hybridized carbons (Fsp3) is 0.615. The van der Waals surface area contributed by atoms with E-state index in [1.165, 1.54) is 0 Å². The van der Waals surface area contributed by atoms with Crippen molar-refractivity contribution in [1.29, 1.82) is 0 Å². The Kier molecular flexibility index (Phi) is 3.87. The van der Waals surface area contributed by atoms with Gasteiger partial charge in [-0.2, -0.15) is 5.10 Å². The number of hydrogen-bond acceptors (Lipinski definition) is 3. The number of carbonyl (C=O) groups excluding carboxylic acids is 1. The van der Waals surface area contributed by atoms with E-state index in [-0.39, 0.29) is 11.6 Å². The Hall–Kier alpha value is -1.85. The van der Waals surface area contributed by atoms with Crippen LogP contribution in [0.3, 0.4) is 0 Å². The molecule has 0 bridgehead atoms. The highest BCUT2D eigenvalue weighted by Crippen LogP contribution is 2.22. The Bertz CT molecular complexity index is 507. The zero-order chi connectivity index (χ0) is 14.0. The Balaban J connectivity index is 2.18. The molecule has 0 radical (unpaired) electrons. The molecule has 0 aromatic carbocycles. The molecule has 6 nitrogen and oxygen atoms in total.